The highest BCUT2D eigenvalue weighted by atomic mass is 16.5. The number of amides is 2. The summed E-state index contributed by atoms with van der Waals surface area (Å²) in [5, 5.41) is 2.94. The number of piperidine rings is 1. The van der Waals surface area contributed by atoms with Gasteiger partial charge in [0, 0.05) is 31.3 Å². The summed E-state index contributed by atoms with van der Waals surface area (Å²) in [6, 6.07) is 10.8. The smallest absolute Gasteiger partial charge is 0.257 e. The average Bonchev–Trinajstić information content (AvgIpc) is 2.80. The minimum atomic E-state index is -0.199. The molecule has 0 aliphatic carbocycles. The zero-order valence-corrected chi connectivity index (χ0v) is 17.6. The zero-order valence-electron chi connectivity index (χ0n) is 17.6. The lowest BCUT2D eigenvalue weighted by atomic mass is 9.97. The molecule has 0 unspecified atom stereocenters. The van der Waals surface area contributed by atoms with E-state index in [1.54, 1.807) is 26.4 Å². The normalized spacial score (nSPS) is 17.8. The maximum absolute atomic E-state index is 12.9. The molecule has 2 aliphatic rings. The van der Waals surface area contributed by atoms with Gasteiger partial charge in [-0.15, -0.1) is 0 Å². The van der Waals surface area contributed by atoms with E-state index in [1.165, 1.54) is 0 Å². The van der Waals surface area contributed by atoms with Gasteiger partial charge in [0.15, 0.2) is 0 Å². The van der Waals surface area contributed by atoms with Crippen LogP contribution >= 0.6 is 0 Å². The zero-order chi connectivity index (χ0) is 21.3. The van der Waals surface area contributed by atoms with E-state index in [0.29, 0.717) is 29.2 Å². The quantitative estimate of drug-likeness (QED) is 0.822. The van der Waals surface area contributed by atoms with Crippen molar-refractivity contribution < 1.29 is 19.1 Å². The Morgan fingerprint density at radius 2 is 1.97 bits per heavy atom. The third-order valence-corrected chi connectivity index (χ3v) is 5.98. The van der Waals surface area contributed by atoms with Crippen LogP contribution in [-0.4, -0.2) is 50.7 Å². The molecule has 2 heterocycles. The Kier molecular flexibility index (Phi) is 5.53. The van der Waals surface area contributed by atoms with Crippen LogP contribution in [0.25, 0.3) is 0 Å². The fraction of sp³-hybridized carbons (Fsp3) is 0.391. The number of anilines is 1. The molecule has 2 aromatic rings. The lowest BCUT2D eigenvalue weighted by molar-refractivity contribution is 0.0589. The molecule has 0 radical (unpaired) electrons. The summed E-state index contributed by atoms with van der Waals surface area (Å²) in [6.45, 7) is 1.10. The molecule has 158 valence electrons. The maximum atomic E-state index is 12.9. The maximum Gasteiger partial charge on any atom is 0.257 e. The standard InChI is InChI=1S/C23H27N3O4/c1-25-19-13-15(7-9-18(19)23(28)26-11-5-4-6-21(25)26)22(27)24-14-16-12-17(29-2)8-10-20(16)30-3/h7-10,12-13,21H,4-6,11,14H2,1-3H3,(H,24,27)/t21-/m0/s1. The number of methoxy groups -OCH3 is 2. The van der Waals surface area contributed by atoms with Gasteiger partial charge in [0.2, 0.25) is 0 Å². The van der Waals surface area contributed by atoms with Gasteiger partial charge < -0.3 is 24.6 Å². The minimum Gasteiger partial charge on any atom is -0.497 e. The first-order valence-electron chi connectivity index (χ1n) is 10.2. The number of nitrogens with zero attached hydrogens (tertiary/aromatic N) is 2. The van der Waals surface area contributed by atoms with Crippen molar-refractivity contribution in [2.45, 2.75) is 32.0 Å². The molecular formula is C23H27N3O4. The highest BCUT2D eigenvalue weighted by Crippen LogP contribution is 2.34. The summed E-state index contributed by atoms with van der Waals surface area (Å²) in [5.41, 5.74) is 2.82. The van der Waals surface area contributed by atoms with Crippen molar-refractivity contribution in [3.8, 4) is 11.5 Å². The van der Waals surface area contributed by atoms with E-state index < -0.39 is 0 Å². The Labute approximate surface area is 176 Å². The van der Waals surface area contributed by atoms with Crippen molar-refractivity contribution >= 4 is 17.5 Å². The van der Waals surface area contributed by atoms with Crippen molar-refractivity contribution in [3.05, 3.63) is 53.1 Å². The van der Waals surface area contributed by atoms with E-state index in [2.05, 4.69) is 10.2 Å². The number of carbonyl (C=O) groups is 2. The molecule has 30 heavy (non-hydrogen) atoms. The molecule has 2 aromatic carbocycles. The predicted molar refractivity (Wildman–Crippen MR) is 114 cm³/mol. The molecule has 4 rings (SSSR count). The summed E-state index contributed by atoms with van der Waals surface area (Å²) in [5.74, 6) is 1.24. The second-order valence-electron chi connectivity index (χ2n) is 7.68. The highest BCUT2D eigenvalue weighted by molar-refractivity contribution is 6.04. The van der Waals surface area contributed by atoms with Crippen LogP contribution in [0, 0.1) is 0 Å². The molecular weight excluding hydrogens is 382 g/mol. The minimum absolute atomic E-state index is 0.0564. The van der Waals surface area contributed by atoms with Gasteiger partial charge in [-0.3, -0.25) is 9.59 Å². The van der Waals surface area contributed by atoms with Crippen LogP contribution in [0.2, 0.25) is 0 Å². The fourth-order valence-corrected chi connectivity index (χ4v) is 4.31. The van der Waals surface area contributed by atoms with Gasteiger partial charge in [-0.1, -0.05) is 0 Å². The van der Waals surface area contributed by atoms with Crippen LogP contribution in [0.3, 0.4) is 0 Å². The topological polar surface area (TPSA) is 71.1 Å². The number of hydrogen-bond donors (Lipinski definition) is 1. The van der Waals surface area contributed by atoms with E-state index in [1.807, 2.05) is 36.2 Å². The second kappa shape index (κ2) is 8.26. The van der Waals surface area contributed by atoms with E-state index in [-0.39, 0.29) is 18.0 Å². The van der Waals surface area contributed by atoms with Gasteiger partial charge in [-0.05, 0) is 55.7 Å². The first-order valence-corrected chi connectivity index (χ1v) is 10.2. The van der Waals surface area contributed by atoms with Crippen molar-refractivity contribution in [3.63, 3.8) is 0 Å². The summed E-state index contributed by atoms with van der Waals surface area (Å²) < 4.78 is 10.6. The predicted octanol–water partition coefficient (Wildman–Crippen LogP) is 3.04. The van der Waals surface area contributed by atoms with Crippen molar-refractivity contribution in [2.24, 2.45) is 0 Å². The summed E-state index contributed by atoms with van der Waals surface area (Å²) in [4.78, 5) is 29.8. The van der Waals surface area contributed by atoms with E-state index >= 15 is 0 Å². The summed E-state index contributed by atoms with van der Waals surface area (Å²) >= 11 is 0. The van der Waals surface area contributed by atoms with Gasteiger partial charge in [-0.25, -0.2) is 0 Å². The third-order valence-electron chi connectivity index (χ3n) is 5.98. The Balaban J connectivity index is 1.54. The molecule has 0 bridgehead atoms. The molecule has 1 atom stereocenters. The fourth-order valence-electron chi connectivity index (χ4n) is 4.31. The first-order chi connectivity index (χ1) is 14.5. The van der Waals surface area contributed by atoms with Gasteiger partial charge in [0.05, 0.1) is 25.5 Å². The van der Waals surface area contributed by atoms with Crippen LogP contribution in [0.4, 0.5) is 5.69 Å². The Morgan fingerprint density at radius 1 is 1.13 bits per heavy atom. The van der Waals surface area contributed by atoms with Crippen LogP contribution in [0.1, 0.15) is 45.5 Å². The summed E-state index contributed by atoms with van der Waals surface area (Å²) in [6.07, 6.45) is 3.17. The molecule has 2 aliphatic heterocycles. The largest absolute Gasteiger partial charge is 0.497 e. The number of rotatable bonds is 5. The number of benzene rings is 2. The number of fused-ring (bicyclic) bond motifs is 2. The number of carbonyl (C=O) groups excluding carboxylic acids is 2. The van der Waals surface area contributed by atoms with E-state index in [9.17, 15) is 9.59 Å². The molecule has 0 saturated carbocycles. The Bertz CT molecular complexity index is 975. The van der Waals surface area contributed by atoms with Crippen molar-refractivity contribution in [1.82, 2.24) is 10.2 Å². The molecule has 7 heteroatoms. The molecule has 1 N–H and O–H groups in total. The van der Waals surface area contributed by atoms with Crippen LogP contribution in [0.15, 0.2) is 36.4 Å². The second-order valence-corrected chi connectivity index (χ2v) is 7.68. The van der Waals surface area contributed by atoms with Crippen LogP contribution < -0.4 is 19.7 Å². The van der Waals surface area contributed by atoms with Crippen molar-refractivity contribution in [2.75, 3.05) is 32.7 Å². The van der Waals surface area contributed by atoms with Crippen LogP contribution in [0.5, 0.6) is 11.5 Å². The SMILES string of the molecule is COc1ccc(OC)c(CNC(=O)c2ccc3c(c2)N(C)[C@@H]2CCCCN2C3=O)c1. The average molecular weight is 409 g/mol. The lowest BCUT2D eigenvalue weighted by Crippen LogP contribution is -2.55. The highest BCUT2D eigenvalue weighted by Gasteiger charge is 2.37. The van der Waals surface area contributed by atoms with E-state index in [0.717, 1.165) is 37.1 Å². The number of hydrogen-bond acceptors (Lipinski definition) is 5. The van der Waals surface area contributed by atoms with Gasteiger partial charge >= 0.3 is 0 Å². The number of nitrogens with one attached hydrogen (secondary N) is 1. The van der Waals surface area contributed by atoms with Gasteiger partial charge in [-0.2, -0.15) is 0 Å². The van der Waals surface area contributed by atoms with E-state index in [4.69, 9.17) is 9.47 Å². The third kappa shape index (κ3) is 3.56. The monoisotopic (exact) mass is 409 g/mol. The summed E-state index contributed by atoms with van der Waals surface area (Å²) in [7, 11) is 5.19. The first kappa shape index (κ1) is 20.1. The molecule has 0 aromatic heterocycles. The lowest BCUT2D eigenvalue weighted by Gasteiger charge is -2.46. The Morgan fingerprint density at radius 3 is 2.73 bits per heavy atom. The molecule has 1 fully saturated rings. The molecule has 7 nitrogen and oxygen atoms in total. The van der Waals surface area contributed by atoms with Gasteiger partial charge in [0.1, 0.15) is 17.7 Å². The Hall–Kier alpha value is -3.22. The van der Waals surface area contributed by atoms with Crippen molar-refractivity contribution in [1.29, 1.82) is 0 Å². The number of ether oxygens (including phenoxy) is 2. The van der Waals surface area contributed by atoms with Crippen LogP contribution in [-0.2, 0) is 6.54 Å². The molecule has 2 amide bonds. The van der Waals surface area contributed by atoms with Gasteiger partial charge in [0.25, 0.3) is 11.8 Å². The molecule has 1 saturated heterocycles. The molecule has 0 spiro atoms.